The minimum Gasteiger partial charge on any atom is -0.493 e. The number of hydrogen-bond donors (Lipinski definition) is 0. The molecule has 0 radical (unpaired) electrons. The largest absolute Gasteiger partial charge is 0.493 e. The van der Waals surface area contributed by atoms with Gasteiger partial charge in [-0.25, -0.2) is 0 Å². The SMILES string of the molecule is COc1ccc(CCN(C)C(=O)c2cccc(C=C3SC(=O)N(Cc4cccc(Cl)c4)C3=O)c2)cc1OC. The lowest BCUT2D eigenvalue weighted by molar-refractivity contribution is -0.123. The van der Waals surface area contributed by atoms with Crippen molar-refractivity contribution < 1.29 is 23.9 Å². The van der Waals surface area contributed by atoms with Crippen molar-refractivity contribution in [2.45, 2.75) is 13.0 Å². The van der Waals surface area contributed by atoms with Gasteiger partial charge in [0, 0.05) is 24.2 Å². The highest BCUT2D eigenvalue weighted by molar-refractivity contribution is 8.18. The number of amides is 3. The zero-order valence-electron chi connectivity index (χ0n) is 21.3. The third-order valence-corrected chi connectivity index (χ3v) is 7.21. The molecule has 1 fully saturated rings. The molecule has 0 N–H and O–H groups in total. The lowest BCUT2D eigenvalue weighted by atomic mass is 10.1. The van der Waals surface area contributed by atoms with E-state index in [-0.39, 0.29) is 23.6 Å². The van der Waals surface area contributed by atoms with Gasteiger partial charge in [-0.3, -0.25) is 19.3 Å². The molecular weight excluding hydrogens is 524 g/mol. The summed E-state index contributed by atoms with van der Waals surface area (Å²) < 4.78 is 10.6. The Kier molecular flexibility index (Phi) is 8.76. The summed E-state index contributed by atoms with van der Waals surface area (Å²) in [6.07, 6.45) is 2.28. The molecule has 0 atom stereocenters. The molecule has 1 aliphatic rings. The Morgan fingerprint density at radius 3 is 2.47 bits per heavy atom. The van der Waals surface area contributed by atoms with E-state index in [0.717, 1.165) is 22.9 Å². The van der Waals surface area contributed by atoms with E-state index in [0.29, 0.717) is 45.5 Å². The zero-order valence-corrected chi connectivity index (χ0v) is 22.8. The summed E-state index contributed by atoms with van der Waals surface area (Å²) in [5.41, 5.74) is 2.94. The van der Waals surface area contributed by atoms with Crippen LogP contribution in [0.3, 0.4) is 0 Å². The topological polar surface area (TPSA) is 76.2 Å². The van der Waals surface area contributed by atoms with Gasteiger partial charge in [-0.15, -0.1) is 0 Å². The molecule has 3 aromatic rings. The third-order valence-electron chi connectivity index (χ3n) is 6.07. The van der Waals surface area contributed by atoms with Gasteiger partial charge in [0.25, 0.3) is 17.1 Å². The second-order valence-corrected chi connectivity index (χ2v) is 10.1. The normalized spacial score (nSPS) is 14.2. The maximum Gasteiger partial charge on any atom is 0.293 e. The van der Waals surface area contributed by atoms with Gasteiger partial charge in [-0.05, 0) is 77.3 Å². The lowest BCUT2D eigenvalue weighted by Gasteiger charge is -2.18. The van der Waals surface area contributed by atoms with Gasteiger partial charge in [-0.1, -0.05) is 41.9 Å². The predicted octanol–water partition coefficient (Wildman–Crippen LogP) is 5.91. The molecule has 38 heavy (non-hydrogen) atoms. The maximum absolute atomic E-state index is 13.1. The average molecular weight is 551 g/mol. The molecular formula is C29H27ClN2O5S. The number of carbonyl (C=O) groups is 3. The van der Waals surface area contributed by atoms with E-state index in [4.69, 9.17) is 21.1 Å². The molecule has 0 spiro atoms. The number of halogens is 1. The smallest absolute Gasteiger partial charge is 0.293 e. The molecule has 0 aromatic heterocycles. The molecule has 7 nitrogen and oxygen atoms in total. The highest BCUT2D eigenvalue weighted by atomic mass is 35.5. The first kappa shape index (κ1) is 27.3. The Morgan fingerprint density at radius 2 is 1.74 bits per heavy atom. The maximum atomic E-state index is 13.1. The second kappa shape index (κ2) is 12.2. The summed E-state index contributed by atoms with van der Waals surface area (Å²) in [4.78, 5) is 41.7. The minimum atomic E-state index is -0.372. The van der Waals surface area contributed by atoms with Crippen molar-refractivity contribution in [3.05, 3.63) is 98.9 Å². The first-order chi connectivity index (χ1) is 18.3. The Balaban J connectivity index is 1.42. The third kappa shape index (κ3) is 6.38. The highest BCUT2D eigenvalue weighted by Crippen LogP contribution is 2.33. The first-order valence-corrected chi connectivity index (χ1v) is 13.0. The van der Waals surface area contributed by atoms with Crippen molar-refractivity contribution in [2.75, 3.05) is 27.8 Å². The van der Waals surface area contributed by atoms with Crippen LogP contribution in [0.1, 0.15) is 27.0 Å². The van der Waals surface area contributed by atoms with Crippen molar-refractivity contribution in [3.8, 4) is 11.5 Å². The predicted molar refractivity (Wildman–Crippen MR) is 150 cm³/mol. The Labute approximate surface area is 231 Å². The Bertz CT molecular complexity index is 1410. The molecule has 196 valence electrons. The fourth-order valence-electron chi connectivity index (χ4n) is 4.02. The molecule has 4 rings (SSSR count). The number of benzene rings is 3. The molecule has 1 saturated heterocycles. The Morgan fingerprint density at radius 1 is 0.974 bits per heavy atom. The fraction of sp³-hybridized carbons (Fsp3) is 0.207. The molecule has 9 heteroatoms. The fourth-order valence-corrected chi connectivity index (χ4v) is 5.07. The zero-order chi connectivity index (χ0) is 27.2. The summed E-state index contributed by atoms with van der Waals surface area (Å²) in [7, 11) is 4.92. The van der Waals surface area contributed by atoms with E-state index in [1.165, 1.54) is 4.90 Å². The van der Waals surface area contributed by atoms with Crippen LogP contribution in [0.2, 0.25) is 5.02 Å². The van der Waals surface area contributed by atoms with Gasteiger partial charge in [0.15, 0.2) is 11.5 Å². The van der Waals surface area contributed by atoms with E-state index >= 15 is 0 Å². The van der Waals surface area contributed by atoms with E-state index in [2.05, 4.69) is 0 Å². The summed E-state index contributed by atoms with van der Waals surface area (Å²) in [5, 5.41) is 0.198. The molecule has 1 heterocycles. The van der Waals surface area contributed by atoms with Gasteiger partial charge in [-0.2, -0.15) is 0 Å². The van der Waals surface area contributed by atoms with E-state index < -0.39 is 0 Å². The standard InChI is InChI=1S/C29H27ClN2O5S/c1-31(13-12-19-10-11-24(36-2)25(16-19)37-3)27(33)22-8-4-6-20(14-22)17-26-28(34)32(29(35)38-26)18-21-7-5-9-23(30)15-21/h4-11,14-17H,12-13,18H2,1-3H3. The average Bonchev–Trinajstić information content (AvgIpc) is 3.18. The van der Waals surface area contributed by atoms with Crippen molar-refractivity contribution in [3.63, 3.8) is 0 Å². The van der Waals surface area contributed by atoms with Crippen LogP contribution in [0.25, 0.3) is 6.08 Å². The number of likely N-dealkylation sites (N-methyl/N-ethyl adjacent to an activating group) is 1. The van der Waals surface area contributed by atoms with E-state index in [1.807, 2.05) is 24.3 Å². The van der Waals surface area contributed by atoms with Crippen LogP contribution in [0.5, 0.6) is 11.5 Å². The lowest BCUT2D eigenvalue weighted by Crippen LogP contribution is -2.28. The van der Waals surface area contributed by atoms with E-state index in [1.54, 1.807) is 74.7 Å². The van der Waals surface area contributed by atoms with Crippen molar-refractivity contribution in [1.82, 2.24) is 9.80 Å². The molecule has 0 unspecified atom stereocenters. The molecule has 1 aliphatic heterocycles. The quantitative estimate of drug-likeness (QED) is 0.308. The monoisotopic (exact) mass is 550 g/mol. The Hall–Kier alpha value is -3.75. The molecule has 0 saturated carbocycles. The summed E-state index contributed by atoms with van der Waals surface area (Å²) in [6, 6.07) is 19.8. The van der Waals surface area contributed by atoms with Crippen LogP contribution in [-0.4, -0.2) is 54.7 Å². The summed E-state index contributed by atoms with van der Waals surface area (Å²) in [6.45, 7) is 0.646. The van der Waals surface area contributed by atoms with E-state index in [9.17, 15) is 14.4 Å². The van der Waals surface area contributed by atoms with Gasteiger partial charge >= 0.3 is 0 Å². The number of ether oxygens (including phenoxy) is 2. The molecule has 3 aromatic carbocycles. The second-order valence-electron chi connectivity index (χ2n) is 8.69. The van der Waals surface area contributed by atoms with Gasteiger partial charge < -0.3 is 14.4 Å². The number of methoxy groups -OCH3 is 2. The van der Waals surface area contributed by atoms with Crippen LogP contribution in [0.15, 0.2) is 71.6 Å². The van der Waals surface area contributed by atoms with Gasteiger partial charge in [0.2, 0.25) is 0 Å². The van der Waals surface area contributed by atoms with Crippen LogP contribution in [0.4, 0.5) is 4.79 Å². The van der Waals surface area contributed by atoms with Gasteiger partial charge in [0.05, 0.1) is 25.7 Å². The minimum absolute atomic E-state index is 0.144. The van der Waals surface area contributed by atoms with Crippen LogP contribution in [0, 0.1) is 0 Å². The van der Waals surface area contributed by atoms with Crippen LogP contribution >= 0.6 is 23.4 Å². The number of imide groups is 1. The first-order valence-electron chi connectivity index (χ1n) is 11.9. The number of thioether (sulfide) groups is 1. The highest BCUT2D eigenvalue weighted by Gasteiger charge is 2.35. The molecule has 0 bridgehead atoms. The van der Waals surface area contributed by atoms with Crippen LogP contribution < -0.4 is 9.47 Å². The summed E-state index contributed by atoms with van der Waals surface area (Å²) >= 11 is 6.91. The molecule has 0 aliphatic carbocycles. The van der Waals surface area contributed by atoms with Crippen molar-refractivity contribution in [1.29, 1.82) is 0 Å². The number of rotatable bonds is 9. The van der Waals surface area contributed by atoms with Crippen molar-refractivity contribution in [2.24, 2.45) is 0 Å². The number of carbonyl (C=O) groups excluding carboxylic acids is 3. The van der Waals surface area contributed by atoms with Gasteiger partial charge in [0.1, 0.15) is 0 Å². The summed E-state index contributed by atoms with van der Waals surface area (Å²) in [5.74, 6) is 0.780. The van der Waals surface area contributed by atoms with Crippen LogP contribution in [-0.2, 0) is 17.8 Å². The number of hydrogen-bond acceptors (Lipinski definition) is 6. The van der Waals surface area contributed by atoms with Crippen molar-refractivity contribution >= 4 is 46.5 Å². The number of nitrogens with zero attached hydrogens (tertiary/aromatic N) is 2. The molecule has 3 amide bonds.